The van der Waals surface area contributed by atoms with Gasteiger partial charge in [-0.25, -0.2) is 0 Å². The zero-order valence-corrected chi connectivity index (χ0v) is 12.3. The molecule has 1 aromatic rings. The van der Waals surface area contributed by atoms with Crippen LogP contribution in [0, 0.1) is 22.8 Å². The predicted octanol–water partition coefficient (Wildman–Crippen LogP) is 3.47. The van der Waals surface area contributed by atoms with E-state index in [1.54, 1.807) is 12.3 Å². The molecule has 0 aliphatic heterocycles. The molecule has 0 aromatic heterocycles. The van der Waals surface area contributed by atoms with Crippen molar-refractivity contribution in [3.05, 3.63) is 29.3 Å². The van der Waals surface area contributed by atoms with Crippen LogP contribution >= 0.6 is 11.8 Å². The Hall–Kier alpha value is -1.98. The summed E-state index contributed by atoms with van der Waals surface area (Å²) >= 11 is 1.36. The number of rotatable bonds is 1. The number of anilines is 1. The van der Waals surface area contributed by atoms with Crippen molar-refractivity contribution < 1.29 is 0 Å². The van der Waals surface area contributed by atoms with E-state index in [0.717, 1.165) is 11.3 Å². The van der Waals surface area contributed by atoms with Crippen molar-refractivity contribution in [2.45, 2.75) is 26.2 Å². The van der Waals surface area contributed by atoms with Crippen molar-refractivity contribution in [3.63, 3.8) is 0 Å². The fourth-order valence-corrected chi connectivity index (χ4v) is 1.99. The Bertz CT molecular complexity index is 571. The molecule has 0 bridgehead atoms. The fraction of sp³-hybridized carbons (Fsp3) is 0.357. The molecule has 98 valence electrons. The lowest BCUT2D eigenvalue weighted by Crippen LogP contribution is -2.15. The summed E-state index contributed by atoms with van der Waals surface area (Å²) in [5.74, 6) is 0. The van der Waals surface area contributed by atoms with Gasteiger partial charge in [-0.2, -0.15) is 10.5 Å². The van der Waals surface area contributed by atoms with E-state index in [1.165, 1.54) is 11.8 Å². The minimum atomic E-state index is -0.116. The van der Waals surface area contributed by atoms with Crippen LogP contribution in [0.4, 0.5) is 5.69 Å². The summed E-state index contributed by atoms with van der Waals surface area (Å²) in [5.41, 5.74) is 2.35. The average Bonchev–Trinajstić information content (AvgIpc) is 2.37. The Balaban J connectivity index is 3.17. The summed E-state index contributed by atoms with van der Waals surface area (Å²) in [7, 11) is 0. The van der Waals surface area contributed by atoms with Crippen molar-refractivity contribution in [1.29, 1.82) is 10.5 Å². The van der Waals surface area contributed by atoms with Gasteiger partial charge < -0.3 is 5.32 Å². The third-order valence-corrected chi connectivity index (χ3v) is 3.12. The summed E-state index contributed by atoms with van der Waals surface area (Å²) in [4.78, 5) is 3.68. The minimum absolute atomic E-state index is 0.116. The normalized spacial score (nSPS) is 11.6. The van der Waals surface area contributed by atoms with E-state index in [0.29, 0.717) is 10.7 Å². The third-order valence-electron chi connectivity index (χ3n) is 2.54. The van der Waals surface area contributed by atoms with Crippen LogP contribution < -0.4 is 5.32 Å². The predicted molar refractivity (Wildman–Crippen MR) is 80.0 cm³/mol. The maximum absolute atomic E-state index is 9.14. The van der Waals surface area contributed by atoms with Gasteiger partial charge in [0.25, 0.3) is 0 Å². The summed E-state index contributed by atoms with van der Waals surface area (Å²) < 4.78 is 0. The lowest BCUT2D eigenvalue weighted by Gasteiger charge is -2.21. The molecule has 0 atom stereocenters. The number of hydrogen-bond donors (Lipinski definition) is 1. The molecule has 0 aliphatic rings. The number of nitriles is 2. The Labute approximate surface area is 118 Å². The molecular formula is C14H16N4S. The van der Waals surface area contributed by atoms with Gasteiger partial charge in [0.1, 0.15) is 0 Å². The molecule has 0 saturated heterocycles. The van der Waals surface area contributed by atoms with Gasteiger partial charge in [-0.3, -0.25) is 0 Å². The Morgan fingerprint density at radius 2 is 2.00 bits per heavy atom. The molecule has 0 amide bonds. The fourth-order valence-electron chi connectivity index (χ4n) is 1.63. The van der Waals surface area contributed by atoms with Gasteiger partial charge in [0.05, 0.1) is 11.6 Å². The van der Waals surface area contributed by atoms with Crippen LogP contribution in [-0.2, 0) is 5.41 Å². The second-order valence-corrected chi connectivity index (χ2v) is 5.76. The van der Waals surface area contributed by atoms with E-state index >= 15 is 0 Å². The highest BCUT2D eigenvalue weighted by Crippen LogP contribution is 2.28. The molecule has 0 fully saturated rings. The van der Waals surface area contributed by atoms with Crippen molar-refractivity contribution in [3.8, 4) is 12.3 Å². The molecule has 0 heterocycles. The van der Waals surface area contributed by atoms with Crippen LogP contribution in [0.25, 0.3) is 0 Å². The molecule has 4 nitrogen and oxygen atoms in total. The van der Waals surface area contributed by atoms with Gasteiger partial charge in [-0.15, -0.1) is 4.99 Å². The zero-order valence-electron chi connectivity index (χ0n) is 11.5. The molecule has 19 heavy (non-hydrogen) atoms. The van der Waals surface area contributed by atoms with Gasteiger partial charge in [0, 0.05) is 5.69 Å². The first-order chi connectivity index (χ1) is 8.92. The van der Waals surface area contributed by atoms with Gasteiger partial charge >= 0.3 is 0 Å². The Morgan fingerprint density at radius 3 is 2.47 bits per heavy atom. The Kier molecular flexibility index (Phi) is 4.97. The van der Waals surface area contributed by atoms with E-state index < -0.39 is 0 Å². The first-order valence-electron chi connectivity index (χ1n) is 5.74. The monoisotopic (exact) mass is 272 g/mol. The summed E-state index contributed by atoms with van der Waals surface area (Å²) in [6.07, 6.45) is 3.60. The van der Waals surface area contributed by atoms with Crippen LogP contribution in [0.5, 0.6) is 0 Å². The quantitative estimate of drug-likeness (QED) is 0.482. The molecule has 0 radical (unpaired) electrons. The second kappa shape index (κ2) is 6.26. The molecular weight excluding hydrogens is 256 g/mol. The van der Waals surface area contributed by atoms with Crippen LogP contribution in [-0.4, -0.2) is 11.4 Å². The zero-order chi connectivity index (χ0) is 14.5. The Morgan fingerprint density at radius 1 is 1.32 bits per heavy atom. The number of nitrogens with zero attached hydrogens (tertiary/aromatic N) is 3. The summed E-state index contributed by atoms with van der Waals surface area (Å²) in [6.45, 7) is 6.18. The highest BCUT2D eigenvalue weighted by Gasteiger charge is 2.18. The smallest absolute Gasteiger partial charge is 0.208 e. The third kappa shape index (κ3) is 4.01. The van der Waals surface area contributed by atoms with Gasteiger partial charge in [-0.05, 0) is 35.4 Å². The molecule has 0 unspecified atom stereocenters. The summed E-state index contributed by atoms with van der Waals surface area (Å²) in [5, 5.41) is 21.3. The van der Waals surface area contributed by atoms with Crippen molar-refractivity contribution in [2.24, 2.45) is 4.99 Å². The maximum atomic E-state index is 9.14. The number of amidine groups is 1. The number of benzene rings is 1. The van der Waals surface area contributed by atoms with Crippen LogP contribution in [0.1, 0.15) is 31.9 Å². The number of hydrogen-bond acceptors (Lipinski definition) is 4. The van der Waals surface area contributed by atoms with E-state index in [9.17, 15) is 0 Å². The highest BCUT2D eigenvalue weighted by molar-refractivity contribution is 8.13. The molecule has 1 N–H and O–H groups in total. The van der Waals surface area contributed by atoms with E-state index in [-0.39, 0.29) is 5.41 Å². The molecule has 1 rings (SSSR count). The molecule has 5 heteroatoms. The van der Waals surface area contributed by atoms with Crippen LogP contribution in [0.3, 0.4) is 0 Å². The number of aliphatic imine (C=N–C) groups is 1. The first-order valence-corrected chi connectivity index (χ1v) is 6.97. The van der Waals surface area contributed by atoms with Crippen molar-refractivity contribution >= 4 is 22.6 Å². The SMILES string of the molecule is CS/C(=N\C#N)Nc1ccc(C#N)c(C(C)(C)C)c1. The number of nitrogens with one attached hydrogen (secondary N) is 1. The van der Waals surface area contributed by atoms with Gasteiger partial charge in [0.2, 0.25) is 6.19 Å². The largest absolute Gasteiger partial charge is 0.334 e. The first kappa shape index (κ1) is 15.1. The molecule has 0 aliphatic carbocycles. The summed E-state index contributed by atoms with van der Waals surface area (Å²) in [6, 6.07) is 7.74. The topological polar surface area (TPSA) is 72.0 Å². The van der Waals surface area contributed by atoms with Crippen molar-refractivity contribution in [2.75, 3.05) is 11.6 Å². The highest BCUT2D eigenvalue weighted by atomic mass is 32.2. The maximum Gasteiger partial charge on any atom is 0.208 e. The molecule has 1 aromatic carbocycles. The van der Waals surface area contributed by atoms with Gasteiger partial charge in [0.15, 0.2) is 5.17 Å². The van der Waals surface area contributed by atoms with E-state index in [4.69, 9.17) is 10.5 Å². The number of thioether (sulfide) groups is 1. The second-order valence-electron chi connectivity index (χ2n) is 4.97. The lowest BCUT2D eigenvalue weighted by atomic mass is 9.84. The molecule has 0 spiro atoms. The standard InChI is InChI=1S/C14H16N4S/c1-14(2,3)12-7-11(6-5-10(12)8-15)18-13(19-4)17-9-16/h5-7H,1-4H3,(H,17,18). The van der Waals surface area contributed by atoms with E-state index in [1.807, 2.05) is 18.4 Å². The average molecular weight is 272 g/mol. The van der Waals surface area contributed by atoms with Crippen molar-refractivity contribution in [1.82, 2.24) is 0 Å². The molecule has 0 saturated carbocycles. The van der Waals surface area contributed by atoms with Gasteiger partial charge in [-0.1, -0.05) is 32.5 Å². The lowest BCUT2D eigenvalue weighted by molar-refractivity contribution is 0.589. The minimum Gasteiger partial charge on any atom is -0.334 e. The van der Waals surface area contributed by atoms with Crippen LogP contribution in [0.2, 0.25) is 0 Å². The van der Waals surface area contributed by atoms with E-state index in [2.05, 4.69) is 37.1 Å². The van der Waals surface area contributed by atoms with Crippen LogP contribution in [0.15, 0.2) is 23.2 Å².